The molecule has 0 aliphatic heterocycles. The van der Waals surface area contributed by atoms with Crippen LogP contribution in [-0.4, -0.2) is 19.3 Å². The third kappa shape index (κ3) is 3.20. The number of hydrogen-bond donors (Lipinski definition) is 1. The van der Waals surface area contributed by atoms with E-state index in [-0.39, 0.29) is 6.04 Å². The number of imidazole rings is 1. The van der Waals surface area contributed by atoms with E-state index in [1.54, 1.807) is 4.68 Å². The first kappa shape index (κ1) is 13.6. The lowest BCUT2D eigenvalue weighted by molar-refractivity contribution is 0.631. The summed E-state index contributed by atoms with van der Waals surface area (Å²) in [6.07, 6.45) is 8.36. The molecule has 2 N–H and O–H groups in total. The van der Waals surface area contributed by atoms with Crippen LogP contribution in [0.25, 0.3) is 0 Å². The van der Waals surface area contributed by atoms with Gasteiger partial charge in [-0.15, -0.1) is 0 Å². The number of aryl methyl sites for hydroxylation is 1. The maximum Gasteiger partial charge on any atom is 0.0951 e. The summed E-state index contributed by atoms with van der Waals surface area (Å²) < 4.78 is 3.89. The van der Waals surface area contributed by atoms with Crippen LogP contribution in [-0.2, 0) is 20.0 Å². The first-order valence-corrected chi connectivity index (χ1v) is 6.99. The van der Waals surface area contributed by atoms with Crippen molar-refractivity contribution in [1.29, 1.82) is 0 Å². The molecule has 2 heterocycles. The van der Waals surface area contributed by atoms with Crippen molar-refractivity contribution in [3.05, 3.63) is 72.1 Å². The van der Waals surface area contributed by atoms with Gasteiger partial charge >= 0.3 is 0 Å². The molecule has 5 heteroatoms. The van der Waals surface area contributed by atoms with Gasteiger partial charge in [0.1, 0.15) is 0 Å². The van der Waals surface area contributed by atoms with Crippen LogP contribution in [0.4, 0.5) is 0 Å². The van der Waals surface area contributed by atoms with Crippen LogP contribution in [0.5, 0.6) is 0 Å². The zero-order chi connectivity index (χ0) is 14.7. The van der Waals surface area contributed by atoms with Crippen molar-refractivity contribution < 1.29 is 0 Å². The van der Waals surface area contributed by atoms with Crippen LogP contribution < -0.4 is 5.73 Å². The van der Waals surface area contributed by atoms with Gasteiger partial charge in [0.05, 0.1) is 30.8 Å². The molecule has 0 spiro atoms. The normalized spacial score (nSPS) is 12.5. The summed E-state index contributed by atoms with van der Waals surface area (Å²) in [6.45, 7) is 0.742. The van der Waals surface area contributed by atoms with E-state index in [1.165, 1.54) is 5.56 Å². The highest BCUT2D eigenvalue weighted by atomic mass is 15.2. The average molecular weight is 281 g/mol. The van der Waals surface area contributed by atoms with Crippen LogP contribution >= 0.6 is 0 Å². The largest absolute Gasteiger partial charge is 0.329 e. The smallest absolute Gasteiger partial charge is 0.0951 e. The zero-order valence-corrected chi connectivity index (χ0v) is 12.1. The molecule has 5 nitrogen and oxygen atoms in total. The summed E-state index contributed by atoms with van der Waals surface area (Å²) in [6, 6.07) is 10.2. The highest BCUT2D eigenvalue weighted by Gasteiger charge is 2.13. The van der Waals surface area contributed by atoms with E-state index < -0.39 is 0 Å². The molecule has 2 aromatic heterocycles. The molecule has 0 saturated carbocycles. The zero-order valence-electron chi connectivity index (χ0n) is 12.1. The Labute approximate surface area is 124 Å². The predicted molar refractivity (Wildman–Crippen MR) is 81.6 cm³/mol. The van der Waals surface area contributed by atoms with Crippen molar-refractivity contribution in [2.75, 3.05) is 0 Å². The summed E-state index contributed by atoms with van der Waals surface area (Å²) in [5, 5.41) is 4.19. The fourth-order valence-corrected chi connectivity index (χ4v) is 2.49. The third-order valence-corrected chi connectivity index (χ3v) is 3.53. The topological polar surface area (TPSA) is 61.7 Å². The van der Waals surface area contributed by atoms with Crippen molar-refractivity contribution in [3.63, 3.8) is 0 Å². The van der Waals surface area contributed by atoms with Crippen molar-refractivity contribution >= 4 is 0 Å². The van der Waals surface area contributed by atoms with Gasteiger partial charge in [0.25, 0.3) is 0 Å². The molecule has 3 rings (SSSR count). The maximum atomic E-state index is 6.35. The second-order valence-corrected chi connectivity index (χ2v) is 5.26. The van der Waals surface area contributed by atoms with Gasteiger partial charge in [-0.25, -0.2) is 4.98 Å². The number of nitrogens with two attached hydrogens (primary N) is 1. The van der Waals surface area contributed by atoms with Crippen LogP contribution in [0.1, 0.15) is 22.9 Å². The van der Waals surface area contributed by atoms with Crippen LogP contribution in [0.2, 0.25) is 0 Å². The molecule has 108 valence electrons. The lowest BCUT2D eigenvalue weighted by Gasteiger charge is -2.14. The minimum Gasteiger partial charge on any atom is -0.329 e. The first-order valence-electron chi connectivity index (χ1n) is 6.99. The van der Waals surface area contributed by atoms with Gasteiger partial charge in [0, 0.05) is 25.0 Å². The fourth-order valence-electron chi connectivity index (χ4n) is 2.49. The molecule has 0 bridgehead atoms. The van der Waals surface area contributed by atoms with E-state index >= 15 is 0 Å². The Hall–Kier alpha value is -2.40. The Morgan fingerprint density at radius 2 is 1.95 bits per heavy atom. The second-order valence-electron chi connectivity index (χ2n) is 5.26. The van der Waals surface area contributed by atoms with Crippen LogP contribution in [0, 0.1) is 0 Å². The highest BCUT2D eigenvalue weighted by Crippen LogP contribution is 2.17. The molecule has 1 atom stereocenters. The van der Waals surface area contributed by atoms with Gasteiger partial charge in [-0.2, -0.15) is 5.10 Å². The lowest BCUT2D eigenvalue weighted by Crippen LogP contribution is -2.18. The quantitative estimate of drug-likeness (QED) is 0.777. The van der Waals surface area contributed by atoms with Crippen LogP contribution in [0.15, 0.2) is 55.2 Å². The summed E-state index contributed by atoms with van der Waals surface area (Å²) >= 11 is 0. The monoisotopic (exact) mass is 281 g/mol. The Balaban J connectivity index is 1.75. The molecular formula is C16H19N5. The molecule has 0 aliphatic carbocycles. The van der Waals surface area contributed by atoms with E-state index in [1.807, 2.05) is 50.2 Å². The highest BCUT2D eigenvalue weighted by molar-refractivity contribution is 5.19. The van der Waals surface area contributed by atoms with E-state index in [2.05, 4.69) is 26.8 Å². The number of nitrogens with zero attached hydrogens (tertiary/aromatic N) is 4. The molecule has 1 aromatic carbocycles. The average Bonchev–Trinajstić information content (AvgIpc) is 3.10. The summed E-state index contributed by atoms with van der Waals surface area (Å²) in [5.41, 5.74) is 9.77. The van der Waals surface area contributed by atoms with Crippen molar-refractivity contribution in [3.8, 4) is 0 Å². The summed E-state index contributed by atoms with van der Waals surface area (Å²) in [4.78, 5) is 4.24. The van der Waals surface area contributed by atoms with E-state index in [0.29, 0.717) is 0 Å². The molecule has 0 amide bonds. The van der Waals surface area contributed by atoms with E-state index in [4.69, 9.17) is 5.73 Å². The molecule has 0 fully saturated rings. The first-order chi connectivity index (χ1) is 10.2. The molecule has 3 aromatic rings. The van der Waals surface area contributed by atoms with Gasteiger partial charge in [-0.3, -0.25) is 4.68 Å². The molecule has 21 heavy (non-hydrogen) atoms. The second kappa shape index (κ2) is 5.93. The molecule has 0 unspecified atom stereocenters. The molecule has 0 radical (unpaired) electrons. The lowest BCUT2D eigenvalue weighted by atomic mass is 10.0. The van der Waals surface area contributed by atoms with Gasteiger partial charge in [0.15, 0.2) is 0 Å². The Morgan fingerprint density at radius 1 is 1.14 bits per heavy atom. The fraction of sp³-hybridized carbons (Fsp3) is 0.250. The van der Waals surface area contributed by atoms with Crippen molar-refractivity contribution in [2.45, 2.75) is 19.0 Å². The summed E-state index contributed by atoms with van der Waals surface area (Å²) in [7, 11) is 1.92. The predicted octanol–water partition coefficient (Wildman–Crippen LogP) is 1.91. The SMILES string of the molecule is Cn1cc(Cn2cncc2[C@H](N)Cc2ccccc2)cn1. The van der Waals surface area contributed by atoms with Gasteiger partial charge in [-0.05, 0) is 12.0 Å². The van der Waals surface area contributed by atoms with E-state index in [9.17, 15) is 0 Å². The Morgan fingerprint density at radius 3 is 2.67 bits per heavy atom. The van der Waals surface area contributed by atoms with Gasteiger partial charge < -0.3 is 10.3 Å². The number of rotatable bonds is 5. The molecule has 0 saturated heterocycles. The standard InChI is InChI=1S/C16H19N5/c1-20-10-14(8-19-20)11-21-12-18-9-16(21)15(17)7-13-5-3-2-4-6-13/h2-6,8-10,12,15H,7,11,17H2,1H3/t15-/m1/s1. The Bertz CT molecular complexity index is 698. The number of benzene rings is 1. The summed E-state index contributed by atoms with van der Waals surface area (Å²) in [5.74, 6) is 0. The van der Waals surface area contributed by atoms with Crippen LogP contribution in [0.3, 0.4) is 0 Å². The molecule has 0 aliphatic rings. The minimum absolute atomic E-state index is 0.0634. The van der Waals surface area contributed by atoms with Gasteiger partial charge in [-0.1, -0.05) is 30.3 Å². The third-order valence-electron chi connectivity index (χ3n) is 3.53. The van der Waals surface area contributed by atoms with E-state index in [0.717, 1.165) is 24.2 Å². The number of aromatic nitrogens is 4. The van der Waals surface area contributed by atoms with Crippen molar-refractivity contribution in [1.82, 2.24) is 19.3 Å². The minimum atomic E-state index is -0.0634. The molecular weight excluding hydrogens is 262 g/mol. The number of hydrogen-bond acceptors (Lipinski definition) is 3. The Kier molecular flexibility index (Phi) is 3.83. The van der Waals surface area contributed by atoms with Crippen molar-refractivity contribution in [2.24, 2.45) is 12.8 Å². The van der Waals surface area contributed by atoms with Gasteiger partial charge in [0.2, 0.25) is 0 Å². The maximum absolute atomic E-state index is 6.35.